The summed E-state index contributed by atoms with van der Waals surface area (Å²) in [5.74, 6) is 0.0722. The fourth-order valence-corrected chi connectivity index (χ4v) is 1.96. The first kappa shape index (κ1) is 10.4. The van der Waals surface area contributed by atoms with Crippen molar-refractivity contribution in [1.29, 1.82) is 0 Å². The lowest BCUT2D eigenvalue weighted by molar-refractivity contribution is -0.00852. The highest BCUT2D eigenvalue weighted by Gasteiger charge is 2.34. The van der Waals surface area contributed by atoms with Crippen molar-refractivity contribution in [2.45, 2.75) is 18.4 Å². The first-order valence-corrected chi connectivity index (χ1v) is 5.01. The molecule has 1 atom stereocenters. The van der Waals surface area contributed by atoms with Gasteiger partial charge in [-0.15, -0.1) is 0 Å². The van der Waals surface area contributed by atoms with E-state index < -0.39 is 5.60 Å². The van der Waals surface area contributed by atoms with Crippen LogP contribution in [-0.4, -0.2) is 18.3 Å². The van der Waals surface area contributed by atoms with E-state index >= 15 is 0 Å². The summed E-state index contributed by atoms with van der Waals surface area (Å²) in [6.45, 7) is 0.792. The Morgan fingerprint density at radius 3 is 3.07 bits per heavy atom. The van der Waals surface area contributed by atoms with Gasteiger partial charge in [-0.05, 0) is 25.1 Å². The molecule has 1 aromatic carbocycles. The van der Waals surface area contributed by atoms with E-state index in [1.54, 1.807) is 6.07 Å². The predicted molar refractivity (Wildman–Crippen MR) is 54.1 cm³/mol. The Morgan fingerprint density at radius 1 is 1.53 bits per heavy atom. The summed E-state index contributed by atoms with van der Waals surface area (Å²) in [5.41, 5.74) is 5.13. The van der Waals surface area contributed by atoms with E-state index in [0.29, 0.717) is 37.3 Å². The van der Waals surface area contributed by atoms with Gasteiger partial charge < -0.3 is 15.6 Å². The van der Waals surface area contributed by atoms with E-state index in [2.05, 4.69) is 0 Å². The van der Waals surface area contributed by atoms with Crippen LogP contribution in [0.3, 0.4) is 0 Å². The maximum Gasteiger partial charge on any atom is 0.128 e. The molecule has 0 saturated heterocycles. The minimum atomic E-state index is -0.962. The molecule has 1 unspecified atom stereocenters. The number of aliphatic hydroxyl groups is 1. The summed E-state index contributed by atoms with van der Waals surface area (Å²) in [6.07, 6.45) is 0.970. The van der Waals surface area contributed by atoms with Crippen LogP contribution in [0.2, 0.25) is 0 Å². The van der Waals surface area contributed by atoms with Crippen LogP contribution in [0.4, 0.5) is 4.39 Å². The van der Waals surface area contributed by atoms with Gasteiger partial charge in [-0.1, -0.05) is 0 Å². The van der Waals surface area contributed by atoms with Crippen LogP contribution in [-0.2, 0) is 5.60 Å². The maximum atomic E-state index is 12.9. The average Bonchev–Trinajstić information content (AvgIpc) is 2.17. The molecule has 0 radical (unpaired) electrons. The number of benzene rings is 1. The highest BCUT2D eigenvalue weighted by Crippen LogP contribution is 2.39. The molecule has 15 heavy (non-hydrogen) atoms. The zero-order chi connectivity index (χ0) is 10.9. The van der Waals surface area contributed by atoms with Crippen molar-refractivity contribution in [3.05, 3.63) is 29.6 Å². The Balaban J connectivity index is 2.42. The molecule has 3 N–H and O–H groups in total. The van der Waals surface area contributed by atoms with Crippen LogP contribution >= 0.6 is 0 Å². The van der Waals surface area contributed by atoms with E-state index in [1.165, 1.54) is 12.1 Å². The number of hydrogen-bond donors (Lipinski definition) is 2. The van der Waals surface area contributed by atoms with Crippen molar-refractivity contribution in [3.8, 4) is 5.75 Å². The molecule has 4 heteroatoms. The van der Waals surface area contributed by atoms with Gasteiger partial charge in [0.25, 0.3) is 0 Å². The second kappa shape index (κ2) is 3.79. The van der Waals surface area contributed by atoms with Crippen LogP contribution in [0.15, 0.2) is 18.2 Å². The molecule has 1 aromatic rings. The van der Waals surface area contributed by atoms with Crippen molar-refractivity contribution in [1.82, 2.24) is 0 Å². The molecule has 0 bridgehead atoms. The second-order valence-corrected chi connectivity index (χ2v) is 3.81. The Labute approximate surface area is 87.7 Å². The number of ether oxygens (including phenoxy) is 1. The van der Waals surface area contributed by atoms with Gasteiger partial charge >= 0.3 is 0 Å². The van der Waals surface area contributed by atoms with Crippen molar-refractivity contribution in [2.24, 2.45) is 5.73 Å². The number of fused-ring (bicyclic) bond motifs is 1. The summed E-state index contributed by atoms with van der Waals surface area (Å²) in [7, 11) is 0. The normalized spacial score (nSPS) is 24.5. The van der Waals surface area contributed by atoms with Gasteiger partial charge in [-0.25, -0.2) is 4.39 Å². The van der Waals surface area contributed by atoms with Crippen LogP contribution in [0.25, 0.3) is 0 Å². The monoisotopic (exact) mass is 211 g/mol. The molecule has 0 fully saturated rings. The van der Waals surface area contributed by atoms with Crippen LogP contribution in [0.5, 0.6) is 5.75 Å². The molecule has 0 aliphatic carbocycles. The molecule has 0 saturated carbocycles. The van der Waals surface area contributed by atoms with E-state index in [-0.39, 0.29) is 5.82 Å². The van der Waals surface area contributed by atoms with Crippen molar-refractivity contribution >= 4 is 0 Å². The summed E-state index contributed by atoms with van der Waals surface area (Å²) in [6, 6.07) is 4.20. The third-order valence-corrected chi connectivity index (χ3v) is 2.78. The molecule has 0 amide bonds. The molecular formula is C11H14FNO2. The number of nitrogens with two attached hydrogens (primary N) is 1. The van der Waals surface area contributed by atoms with Crippen molar-refractivity contribution < 1.29 is 14.2 Å². The topological polar surface area (TPSA) is 55.5 Å². The summed E-state index contributed by atoms with van der Waals surface area (Å²) in [4.78, 5) is 0. The largest absolute Gasteiger partial charge is 0.493 e. The Hall–Kier alpha value is -1.13. The van der Waals surface area contributed by atoms with Gasteiger partial charge in [0.2, 0.25) is 0 Å². The minimum absolute atomic E-state index is 0.356. The third-order valence-electron chi connectivity index (χ3n) is 2.78. The summed E-state index contributed by atoms with van der Waals surface area (Å²) in [5, 5.41) is 10.3. The first-order valence-electron chi connectivity index (χ1n) is 5.01. The van der Waals surface area contributed by atoms with Crippen LogP contribution in [0, 0.1) is 5.82 Å². The Kier molecular flexibility index (Phi) is 2.63. The van der Waals surface area contributed by atoms with Gasteiger partial charge in [0.05, 0.1) is 12.2 Å². The molecule has 0 aromatic heterocycles. The molecule has 3 nitrogen and oxygen atoms in total. The highest BCUT2D eigenvalue weighted by molar-refractivity contribution is 5.40. The van der Waals surface area contributed by atoms with Gasteiger partial charge in [0.1, 0.15) is 11.6 Å². The summed E-state index contributed by atoms with van der Waals surface area (Å²) < 4.78 is 18.3. The number of rotatable bonds is 2. The van der Waals surface area contributed by atoms with E-state index in [9.17, 15) is 9.50 Å². The predicted octanol–water partition coefficient (Wildman–Crippen LogP) is 1.14. The number of hydrogen-bond acceptors (Lipinski definition) is 3. The molecule has 2 rings (SSSR count). The average molecular weight is 211 g/mol. The maximum absolute atomic E-state index is 12.9. The van der Waals surface area contributed by atoms with Crippen molar-refractivity contribution in [3.63, 3.8) is 0 Å². The van der Waals surface area contributed by atoms with Gasteiger partial charge in [0, 0.05) is 18.1 Å². The quantitative estimate of drug-likeness (QED) is 0.771. The molecule has 82 valence electrons. The summed E-state index contributed by atoms with van der Waals surface area (Å²) >= 11 is 0. The molecular weight excluding hydrogens is 197 g/mol. The SMILES string of the molecule is NCCC1(O)CCOc2cc(F)ccc21. The lowest BCUT2D eigenvalue weighted by Crippen LogP contribution is -2.34. The second-order valence-electron chi connectivity index (χ2n) is 3.81. The minimum Gasteiger partial charge on any atom is -0.493 e. The fraction of sp³-hybridized carbons (Fsp3) is 0.455. The van der Waals surface area contributed by atoms with E-state index in [0.717, 1.165) is 0 Å². The highest BCUT2D eigenvalue weighted by atomic mass is 19.1. The Morgan fingerprint density at radius 2 is 2.33 bits per heavy atom. The zero-order valence-electron chi connectivity index (χ0n) is 8.37. The van der Waals surface area contributed by atoms with Gasteiger partial charge in [0.15, 0.2) is 0 Å². The third kappa shape index (κ3) is 1.82. The standard InChI is InChI=1S/C11H14FNO2/c12-8-1-2-9-10(7-8)15-6-4-11(9,14)3-5-13/h1-2,7,14H,3-6,13H2. The van der Waals surface area contributed by atoms with Crippen LogP contribution < -0.4 is 10.5 Å². The Bertz CT molecular complexity index is 370. The lowest BCUT2D eigenvalue weighted by atomic mass is 9.85. The molecule has 1 aliphatic rings. The zero-order valence-corrected chi connectivity index (χ0v) is 8.37. The first-order chi connectivity index (χ1) is 7.15. The van der Waals surface area contributed by atoms with Gasteiger partial charge in [-0.3, -0.25) is 0 Å². The van der Waals surface area contributed by atoms with Gasteiger partial charge in [-0.2, -0.15) is 0 Å². The lowest BCUT2D eigenvalue weighted by Gasteiger charge is -2.34. The van der Waals surface area contributed by atoms with E-state index in [1.807, 2.05) is 0 Å². The number of halogens is 1. The fourth-order valence-electron chi connectivity index (χ4n) is 1.96. The van der Waals surface area contributed by atoms with Crippen molar-refractivity contribution in [2.75, 3.05) is 13.2 Å². The molecule has 1 aliphatic heterocycles. The molecule has 1 heterocycles. The van der Waals surface area contributed by atoms with E-state index in [4.69, 9.17) is 10.5 Å². The smallest absolute Gasteiger partial charge is 0.128 e. The van der Waals surface area contributed by atoms with Crippen LogP contribution in [0.1, 0.15) is 18.4 Å². The molecule has 0 spiro atoms.